The van der Waals surface area contributed by atoms with Gasteiger partial charge >= 0.3 is 0 Å². The zero-order valence-corrected chi connectivity index (χ0v) is 11.4. The first-order valence-corrected chi connectivity index (χ1v) is 7.21. The van der Waals surface area contributed by atoms with Gasteiger partial charge in [0.2, 0.25) is 0 Å². The molecule has 0 spiro atoms. The Labute approximate surface area is 102 Å². The lowest BCUT2D eigenvalue weighted by Crippen LogP contribution is -2.15. The van der Waals surface area contributed by atoms with E-state index in [0.717, 1.165) is 25.4 Å². The van der Waals surface area contributed by atoms with Crippen LogP contribution in [0.2, 0.25) is 0 Å². The summed E-state index contributed by atoms with van der Waals surface area (Å²) in [6.07, 6.45) is 4.91. The quantitative estimate of drug-likeness (QED) is 0.823. The van der Waals surface area contributed by atoms with E-state index in [-0.39, 0.29) is 0 Å². The summed E-state index contributed by atoms with van der Waals surface area (Å²) < 4.78 is 0. The first kappa shape index (κ1) is 12.1. The number of aryl methyl sites for hydroxylation is 1. The maximum absolute atomic E-state index is 4.75. The van der Waals surface area contributed by atoms with Gasteiger partial charge in [-0.05, 0) is 25.2 Å². The van der Waals surface area contributed by atoms with Gasteiger partial charge in [0.15, 0.2) is 0 Å². The topological polar surface area (TPSA) is 24.9 Å². The molecule has 1 aromatic heterocycles. The summed E-state index contributed by atoms with van der Waals surface area (Å²) in [4.78, 5) is 6.21. The molecule has 1 N–H and O–H groups in total. The van der Waals surface area contributed by atoms with Gasteiger partial charge in [0.25, 0.3) is 0 Å². The summed E-state index contributed by atoms with van der Waals surface area (Å²) in [5.74, 6) is 0.708. The minimum atomic E-state index is 0.708. The number of hydrogen-bond donors (Lipinski definition) is 1. The second-order valence-electron chi connectivity index (χ2n) is 5.08. The van der Waals surface area contributed by atoms with Crippen molar-refractivity contribution >= 4 is 11.3 Å². The molecule has 1 aromatic rings. The van der Waals surface area contributed by atoms with Crippen LogP contribution in [0.15, 0.2) is 0 Å². The van der Waals surface area contributed by atoms with E-state index < -0.39 is 0 Å². The highest BCUT2D eigenvalue weighted by molar-refractivity contribution is 7.11. The van der Waals surface area contributed by atoms with Crippen LogP contribution in [0.1, 0.15) is 49.2 Å². The first-order valence-electron chi connectivity index (χ1n) is 6.39. The number of aromatic nitrogens is 1. The van der Waals surface area contributed by atoms with Crippen LogP contribution in [0.3, 0.4) is 0 Å². The Morgan fingerprint density at radius 3 is 2.75 bits per heavy atom. The summed E-state index contributed by atoms with van der Waals surface area (Å²) in [5.41, 5.74) is 1.31. The summed E-state index contributed by atoms with van der Waals surface area (Å²) >= 11 is 1.91. The van der Waals surface area contributed by atoms with Crippen LogP contribution >= 0.6 is 11.3 Å². The van der Waals surface area contributed by atoms with E-state index in [1.54, 1.807) is 0 Å². The Morgan fingerprint density at radius 1 is 1.44 bits per heavy atom. The molecule has 90 valence electrons. The van der Waals surface area contributed by atoms with E-state index in [1.165, 1.54) is 28.4 Å². The maximum atomic E-state index is 4.75. The predicted molar refractivity (Wildman–Crippen MR) is 69.9 cm³/mol. The van der Waals surface area contributed by atoms with Gasteiger partial charge in [0.1, 0.15) is 0 Å². The third-order valence-electron chi connectivity index (χ3n) is 2.87. The van der Waals surface area contributed by atoms with Crippen molar-refractivity contribution in [3.63, 3.8) is 0 Å². The van der Waals surface area contributed by atoms with E-state index in [4.69, 9.17) is 4.98 Å². The Morgan fingerprint density at radius 2 is 2.19 bits per heavy atom. The van der Waals surface area contributed by atoms with Crippen molar-refractivity contribution < 1.29 is 0 Å². The monoisotopic (exact) mass is 238 g/mol. The molecule has 0 atom stereocenters. The van der Waals surface area contributed by atoms with Crippen molar-refractivity contribution in [3.8, 4) is 0 Å². The molecular formula is C13H22N2S. The molecule has 0 aliphatic heterocycles. The maximum Gasteiger partial charge on any atom is 0.0934 e. The fourth-order valence-corrected chi connectivity index (χ4v) is 3.13. The summed E-state index contributed by atoms with van der Waals surface area (Å²) in [5, 5.41) is 4.90. The lowest BCUT2D eigenvalue weighted by atomic mass is 10.1. The summed E-state index contributed by atoms with van der Waals surface area (Å²) in [6, 6.07) is 0.792. The van der Waals surface area contributed by atoms with Gasteiger partial charge in [0.05, 0.1) is 10.7 Å². The van der Waals surface area contributed by atoms with E-state index in [0.29, 0.717) is 5.92 Å². The number of thiazole rings is 1. The number of rotatable bonds is 6. The van der Waals surface area contributed by atoms with Gasteiger partial charge in [-0.3, -0.25) is 0 Å². The Hall–Kier alpha value is -0.410. The predicted octanol–water partition coefficient (Wildman–Crippen LogP) is 3.16. The van der Waals surface area contributed by atoms with Gasteiger partial charge in [-0.1, -0.05) is 20.8 Å². The molecule has 0 aromatic carbocycles. The van der Waals surface area contributed by atoms with Crippen molar-refractivity contribution in [3.05, 3.63) is 15.6 Å². The van der Waals surface area contributed by atoms with Crippen LogP contribution in [0.5, 0.6) is 0 Å². The number of hydrogen-bond acceptors (Lipinski definition) is 3. The lowest BCUT2D eigenvalue weighted by molar-refractivity contribution is 0.642. The van der Waals surface area contributed by atoms with Crippen molar-refractivity contribution in [2.45, 2.75) is 59.0 Å². The van der Waals surface area contributed by atoms with Crippen LogP contribution in [0, 0.1) is 5.92 Å². The minimum absolute atomic E-state index is 0.708. The average Bonchev–Trinajstić information content (AvgIpc) is 2.97. The highest BCUT2D eigenvalue weighted by Crippen LogP contribution is 2.24. The lowest BCUT2D eigenvalue weighted by Gasteiger charge is -2.00. The molecule has 1 aliphatic rings. The first-order chi connectivity index (χ1) is 7.69. The fraction of sp³-hybridized carbons (Fsp3) is 0.769. The Balaban J connectivity index is 1.99. The van der Waals surface area contributed by atoms with E-state index >= 15 is 0 Å². The fourth-order valence-electron chi connectivity index (χ4n) is 1.81. The molecule has 1 aliphatic carbocycles. The molecule has 0 amide bonds. The van der Waals surface area contributed by atoms with Crippen LogP contribution in [0.25, 0.3) is 0 Å². The van der Waals surface area contributed by atoms with Gasteiger partial charge in [0, 0.05) is 23.9 Å². The van der Waals surface area contributed by atoms with Crippen molar-refractivity contribution in [1.29, 1.82) is 0 Å². The SMILES string of the molecule is CCc1nc(CC(C)C)sc1CNC1CC1. The molecule has 0 saturated heterocycles. The molecule has 0 unspecified atom stereocenters. The van der Waals surface area contributed by atoms with Crippen molar-refractivity contribution in [1.82, 2.24) is 10.3 Å². The van der Waals surface area contributed by atoms with Crippen LogP contribution in [-0.4, -0.2) is 11.0 Å². The van der Waals surface area contributed by atoms with Crippen LogP contribution < -0.4 is 5.32 Å². The second kappa shape index (κ2) is 5.28. The normalized spacial score (nSPS) is 16.0. The second-order valence-corrected chi connectivity index (χ2v) is 6.25. The highest BCUT2D eigenvalue weighted by Gasteiger charge is 2.21. The smallest absolute Gasteiger partial charge is 0.0934 e. The third-order valence-corrected chi connectivity index (χ3v) is 3.99. The largest absolute Gasteiger partial charge is 0.309 e. The molecule has 1 heterocycles. The zero-order chi connectivity index (χ0) is 11.5. The van der Waals surface area contributed by atoms with Gasteiger partial charge in [-0.25, -0.2) is 4.98 Å². The van der Waals surface area contributed by atoms with E-state index in [2.05, 4.69) is 26.1 Å². The molecule has 2 rings (SSSR count). The van der Waals surface area contributed by atoms with Gasteiger partial charge in [-0.15, -0.1) is 11.3 Å². The molecule has 0 radical (unpaired) electrons. The number of nitrogens with zero attached hydrogens (tertiary/aromatic N) is 1. The van der Waals surface area contributed by atoms with Crippen molar-refractivity contribution in [2.24, 2.45) is 5.92 Å². The molecule has 1 fully saturated rings. The Bertz CT molecular complexity index is 340. The molecule has 1 saturated carbocycles. The molecule has 2 nitrogen and oxygen atoms in total. The van der Waals surface area contributed by atoms with Crippen LogP contribution in [0.4, 0.5) is 0 Å². The zero-order valence-electron chi connectivity index (χ0n) is 10.5. The molecular weight excluding hydrogens is 216 g/mol. The molecule has 16 heavy (non-hydrogen) atoms. The third kappa shape index (κ3) is 3.29. The highest BCUT2D eigenvalue weighted by atomic mass is 32.1. The van der Waals surface area contributed by atoms with E-state index in [9.17, 15) is 0 Å². The van der Waals surface area contributed by atoms with Gasteiger partial charge < -0.3 is 5.32 Å². The summed E-state index contributed by atoms with van der Waals surface area (Å²) in [7, 11) is 0. The average molecular weight is 238 g/mol. The van der Waals surface area contributed by atoms with E-state index in [1.807, 2.05) is 11.3 Å². The summed E-state index contributed by atoms with van der Waals surface area (Å²) in [6.45, 7) is 7.75. The van der Waals surface area contributed by atoms with Gasteiger partial charge in [-0.2, -0.15) is 0 Å². The minimum Gasteiger partial charge on any atom is -0.309 e. The van der Waals surface area contributed by atoms with Crippen molar-refractivity contribution in [2.75, 3.05) is 0 Å². The Kier molecular flexibility index (Phi) is 3.98. The molecule has 3 heteroatoms. The standard InChI is InChI=1S/C13H22N2S/c1-4-11-12(8-14-10-5-6-10)16-13(15-11)7-9(2)3/h9-10,14H,4-8H2,1-3H3. The molecule has 0 bridgehead atoms. The van der Waals surface area contributed by atoms with Crippen LogP contribution in [-0.2, 0) is 19.4 Å². The number of nitrogens with one attached hydrogen (secondary N) is 1.